The summed E-state index contributed by atoms with van der Waals surface area (Å²) in [5, 5.41) is 21.2. The van der Waals surface area contributed by atoms with Crippen molar-refractivity contribution in [2.45, 2.75) is 43.9 Å². The third-order valence-electron chi connectivity index (χ3n) is 6.12. The van der Waals surface area contributed by atoms with Crippen LogP contribution in [0.2, 0.25) is 0 Å². The van der Waals surface area contributed by atoms with Crippen molar-refractivity contribution in [1.29, 1.82) is 0 Å². The molecule has 7 nitrogen and oxygen atoms in total. The molecule has 1 saturated heterocycles. The van der Waals surface area contributed by atoms with Crippen LogP contribution in [0.4, 0.5) is 0 Å². The van der Waals surface area contributed by atoms with E-state index in [1.807, 2.05) is 13.2 Å². The van der Waals surface area contributed by atoms with Gasteiger partial charge in [0.2, 0.25) is 0 Å². The number of aliphatic imine (C=N–C) groups is 1. The first-order chi connectivity index (χ1) is 11.6. The number of hydrogen-bond acceptors (Lipinski definition) is 4. The zero-order valence-corrected chi connectivity index (χ0v) is 14.4. The fraction of sp³-hybridized carbons (Fsp3) is 0.765. The average molecular weight is 333 g/mol. The lowest BCUT2D eigenvalue weighted by molar-refractivity contribution is -0.171. The number of aryl methyl sites for hydroxylation is 1. The van der Waals surface area contributed by atoms with Crippen LogP contribution < -0.4 is 10.6 Å². The topological polar surface area (TPSA) is 83.7 Å². The van der Waals surface area contributed by atoms with E-state index < -0.39 is 6.10 Å². The lowest BCUT2D eigenvalue weighted by Gasteiger charge is -2.63. The van der Waals surface area contributed by atoms with Gasteiger partial charge in [0.25, 0.3) is 0 Å². The molecule has 3 N–H and O–H groups in total. The van der Waals surface area contributed by atoms with Crippen LogP contribution in [0.25, 0.3) is 0 Å². The minimum absolute atomic E-state index is 0.320. The van der Waals surface area contributed by atoms with Crippen molar-refractivity contribution in [2.75, 3.05) is 20.2 Å². The Morgan fingerprint density at radius 1 is 1.58 bits per heavy atom. The summed E-state index contributed by atoms with van der Waals surface area (Å²) >= 11 is 0. The zero-order chi connectivity index (χ0) is 16.7. The van der Waals surface area contributed by atoms with Gasteiger partial charge in [-0.15, -0.1) is 0 Å². The molecule has 7 heteroatoms. The van der Waals surface area contributed by atoms with Crippen molar-refractivity contribution in [3.63, 3.8) is 0 Å². The Hall–Kier alpha value is -1.60. The van der Waals surface area contributed by atoms with Gasteiger partial charge in [0.15, 0.2) is 5.96 Å². The van der Waals surface area contributed by atoms with E-state index in [0.717, 1.165) is 24.6 Å². The van der Waals surface area contributed by atoms with Crippen LogP contribution in [0.3, 0.4) is 0 Å². The number of nitrogens with zero attached hydrogens (tertiary/aromatic N) is 3. The van der Waals surface area contributed by atoms with Crippen LogP contribution in [0.5, 0.6) is 0 Å². The number of aromatic nitrogens is 2. The maximum Gasteiger partial charge on any atom is 0.191 e. The number of nitrogens with one attached hydrogen (secondary N) is 2. The number of guanidine groups is 1. The Kier molecular flexibility index (Phi) is 4.00. The summed E-state index contributed by atoms with van der Waals surface area (Å²) in [6, 6.07) is 0.445. The van der Waals surface area contributed by atoms with Crippen molar-refractivity contribution >= 4 is 5.96 Å². The molecular weight excluding hydrogens is 306 g/mol. The normalized spacial score (nSPS) is 32.0. The summed E-state index contributed by atoms with van der Waals surface area (Å²) in [6.45, 7) is 1.30. The van der Waals surface area contributed by atoms with Crippen molar-refractivity contribution in [1.82, 2.24) is 20.4 Å². The van der Waals surface area contributed by atoms with E-state index in [0.29, 0.717) is 30.0 Å². The quantitative estimate of drug-likeness (QED) is 0.554. The van der Waals surface area contributed by atoms with E-state index in [2.05, 4.69) is 20.7 Å². The standard InChI is InChI=1S/C17H27N5O2/c1-18-16(19-9-13(23)11-8-20-22(2)10-11)21-14-12-4-7-24-15(12)17(14)5-3-6-17/h8,10,12-15,23H,3-7,9H2,1-2H3,(H2,18,19,21). The number of rotatable bonds is 4. The smallest absolute Gasteiger partial charge is 0.191 e. The molecule has 4 rings (SSSR count). The van der Waals surface area contributed by atoms with E-state index in [9.17, 15) is 5.11 Å². The third kappa shape index (κ3) is 2.41. The molecule has 3 fully saturated rings. The molecule has 0 bridgehead atoms. The minimum Gasteiger partial charge on any atom is -0.386 e. The third-order valence-corrected chi connectivity index (χ3v) is 6.12. The molecule has 132 valence electrons. The van der Waals surface area contributed by atoms with Gasteiger partial charge in [0.05, 0.1) is 18.4 Å². The molecule has 3 aliphatic rings. The summed E-state index contributed by atoms with van der Waals surface area (Å²) in [5.41, 5.74) is 1.13. The van der Waals surface area contributed by atoms with Crippen LogP contribution in [0.1, 0.15) is 37.4 Å². The maximum absolute atomic E-state index is 10.3. The molecular formula is C17H27N5O2. The van der Waals surface area contributed by atoms with Crippen molar-refractivity contribution in [3.05, 3.63) is 18.0 Å². The van der Waals surface area contributed by atoms with E-state index in [4.69, 9.17) is 4.74 Å². The van der Waals surface area contributed by atoms with Crippen LogP contribution >= 0.6 is 0 Å². The minimum atomic E-state index is -0.598. The van der Waals surface area contributed by atoms with Gasteiger partial charge in [-0.3, -0.25) is 9.67 Å². The number of aliphatic hydroxyl groups is 1. The predicted octanol–water partition coefficient (Wildman–Crippen LogP) is 0.576. The van der Waals surface area contributed by atoms with Gasteiger partial charge >= 0.3 is 0 Å². The highest BCUT2D eigenvalue weighted by atomic mass is 16.5. The Morgan fingerprint density at radius 2 is 2.42 bits per heavy atom. The molecule has 0 radical (unpaired) electrons. The number of hydrogen-bond donors (Lipinski definition) is 3. The van der Waals surface area contributed by atoms with Crippen LogP contribution in [-0.4, -0.2) is 53.2 Å². The molecule has 0 amide bonds. The summed E-state index contributed by atoms with van der Waals surface area (Å²) < 4.78 is 7.66. The lowest BCUT2D eigenvalue weighted by atomic mass is 9.46. The summed E-state index contributed by atoms with van der Waals surface area (Å²) in [7, 11) is 3.62. The number of fused-ring (bicyclic) bond motifs is 2. The second-order valence-electron chi connectivity index (χ2n) is 7.37. The maximum atomic E-state index is 10.3. The van der Waals surface area contributed by atoms with Crippen LogP contribution in [0, 0.1) is 11.3 Å². The molecule has 0 aromatic carbocycles. The van der Waals surface area contributed by atoms with Gasteiger partial charge in [0.1, 0.15) is 0 Å². The van der Waals surface area contributed by atoms with Gasteiger partial charge < -0.3 is 20.5 Å². The van der Waals surface area contributed by atoms with Gasteiger partial charge in [-0.25, -0.2) is 0 Å². The number of aliphatic hydroxyl groups excluding tert-OH is 1. The van der Waals surface area contributed by atoms with Gasteiger partial charge in [-0.1, -0.05) is 6.42 Å². The van der Waals surface area contributed by atoms with E-state index in [-0.39, 0.29) is 0 Å². The fourth-order valence-electron chi connectivity index (χ4n) is 4.72. The summed E-state index contributed by atoms with van der Waals surface area (Å²) in [4.78, 5) is 4.34. The first-order valence-corrected chi connectivity index (χ1v) is 8.89. The van der Waals surface area contributed by atoms with E-state index in [1.54, 1.807) is 17.9 Å². The molecule has 2 heterocycles. The van der Waals surface area contributed by atoms with Gasteiger partial charge in [0, 0.05) is 56.4 Å². The Bertz CT molecular complexity index is 624. The Morgan fingerprint density at radius 3 is 3.04 bits per heavy atom. The second kappa shape index (κ2) is 6.04. The highest BCUT2D eigenvalue weighted by Gasteiger charge is 2.66. The molecule has 1 aromatic rings. The fourth-order valence-corrected chi connectivity index (χ4v) is 4.72. The molecule has 1 spiro atoms. The molecule has 1 aromatic heterocycles. The Labute approximate surface area is 142 Å². The largest absolute Gasteiger partial charge is 0.386 e. The molecule has 2 aliphatic carbocycles. The number of ether oxygens (including phenoxy) is 1. The monoisotopic (exact) mass is 333 g/mol. The van der Waals surface area contributed by atoms with Crippen molar-refractivity contribution < 1.29 is 9.84 Å². The van der Waals surface area contributed by atoms with Gasteiger partial charge in [-0.05, 0) is 19.3 Å². The molecule has 4 atom stereocenters. The molecule has 2 saturated carbocycles. The zero-order valence-electron chi connectivity index (χ0n) is 14.4. The predicted molar refractivity (Wildman–Crippen MR) is 90.6 cm³/mol. The first-order valence-electron chi connectivity index (χ1n) is 8.89. The highest BCUT2D eigenvalue weighted by Crippen LogP contribution is 2.62. The van der Waals surface area contributed by atoms with E-state index in [1.165, 1.54) is 19.3 Å². The lowest BCUT2D eigenvalue weighted by Crippen LogP contribution is -2.72. The molecule has 24 heavy (non-hydrogen) atoms. The van der Waals surface area contributed by atoms with Crippen molar-refractivity contribution in [2.24, 2.45) is 23.4 Å². The molecule has 1 aliphatic heterocycles. The van der Waals surface area contributed by atoms with Crippen molar-refractivity contribution in [3.8, 4) is 0 Å². The summed E-state index contributed by atoms with van der Waals surface area (Å²) in [5.74, 6) is 1.37. The van der Waals surface area contributed by atoms with E-state index >= 15 is 0 Å². The van der Waals surface area contributed by atoms with Crippen LogP contribution in [0.15, 0.2) is 17.4 Å². The first kappa shape index (κ1) is 15.9. The van der Waals surface area contributed by atoms with Gasteiger partial charge in [-0.2, -0.15) is 5.10 Å². The Balaban J connectivity index is 1.35. The highest BCUT2D eigenvalue weighted by molar-refractivity contribution is 5.80. The molecule has 4 unspecified atom stereocenters. The SMILES string of the molecule is CN=C(NCC(O)c1cnn(C)c1)NC1C2CCOC2C12CCC2. The summed E-state index contributed by atoms with van der Waals surface area (Å²) in [6.07, 6.45) is 8.32. The second-order valence-corrected chi connectivity index (χ2v) is 7.37. The average Bonchev–Trinajstić information content (AvgIpc) is 3.13. The van der Waals surface area contributed by atoms with Crippen LogP contribution in [-0.2, 0) is 11.8 Å².